The Morgan fingerprint density at radius 1 is 1.62 bits per heavy atom. The standard InChI is InChI=1S/C14H24N4O2S/c1-9-10(4-13(21-9)14(20)16-15)6-18-8-12(19)5-11(18)7-17(2)3/h4,11-12,19H,5-8,15H2,1-3H3,(H,16,20). The van der Waals surface area contributed by atoms with Gasteiger partial charge in [-0.15, -0.1) is 11.3 Å². The van der Waals surface area contributed by atoms with Gasteiger partial charge in [0.15, 0.2) is 0 Å². The van der Waals surface area contributed by atoms with Crippen LogP contribution in [-0.2, 0) is 6.54 Å². The number of hydrogen-bond donors (Lipinski definition) is 3. The molecule has 0 radical (unpaired) electrons. The number of nitrogens with zero attached hydrogens (tertiary/aromatic N) is 2. The van der Waals surface area contributed by atoms with Crippen molar-refractivity contribution >= 4 is 17.2 Å². The minimum absolute atomic E-state index is 0.249. The van der Waals surface area contributed by atoms with Crippen molar-refractivity contribution in [2.75, 3.05) is 27.2 Å². The third kappa shape index (κ3) is 4.02. The highest BCUT2D eigenvalue weighted by Gasteiger charge is 2.31. The molecule has 7 heteroatoms. The molecule has 2 atom stereocenters. The highest BCUT2D eigenvalue weighted by Crippen LogP contribution is 2.27. The molecule has 2 rings (SSSR count). The molecule has 1 aromatic heterocycles. The molecule has 1 aliphatic heterocycles. The number of nitrogen functional groups attached to an aromatic ring is 1. The van der Waals surface area contributed by atoms with E-state index in [1.165, 1.54) is 11.3 Å². The lowest BCUT2D eigenvalue weighted by atomic mass is 10.1. The topological polar surface area (TPSA) is 81.8 Å². The summed E-state index contributed by atoms with van der Waals surface area (Å²) >= 11 is 1.45. The second-order valence-electron chi connectivity index (χ2n) is 5.90. The van der Waals surface area contributed by atoms with Crippen molar-refractivity contribution in [2.45, 2.75) is 32.0 Å². The SMILES string of the molecule is Cc1sc(C(=O)NN)cc1CN1CC(O)CC1CN(C)C. The molecule has 0 bridgehead atoms. The van der Waals surface area contributed by atoms with Crippen molar-refractivity contribution in [1.82, 2.24) is 15.2 Å². The zero-order chi connectivity index (χ0) is 15.6. The van der Waals surface area contributed by atoms with Crippen molar-refractivity contribution < 1.29 is 9.90 Å². The van der Waals surface area contributed by atoms with Crippen LogP contribution in [-0.4, -0.2) is 60.1 Å². The van der Waals surface area contributed by atoms with Crippen molar-refractivity contribution in [3.63, 3.8) is 0 Å². The second kappa shape index (κ2) is 6.85. The first-order valence-electron chi connectivity index (χ1n) is 7.07. The number of hydrogen-bond acceptors (Lipinski definition) is 6. The normalized spacial score (nSPS) is 23.0. The van der Waals surface area contributed by atoms with Crippen LogP contribution in [0, 0.1) is 6.92 Å². The molecule has 21 heavy (non-hydrogen) atoms. The van der Waals surface area contributed by atoms with Crippen molar-refractivity contribution in [3.05, 3.63) is 21.4 Å². The van der Waals surface area contributed by atoms with Crippen molar-refractivity contribution in [1.29, 1.82) is 0 Å². The average molecular weight is 312 g/mol. The molecule has 1 amide bonds. The van der Waals surface area contributed by atoms with Crippen LogP contribution in [0.4, 0.5) is 0 Å². The van der Waals surface area contributed by atoms with E-state index in [9.17, 15) is 9.90 Å². The molecule has 1 saturated heterocycles. The van der Waals surface area contributed by atoms with Gasteiger partial charge in [0.25, 0.3) is 5.91 Å². The van der Waals surface area contributed by atoms with Gasteiger partial charge in [-0.25, -0.2) is 5.84 Å². The zero-order valence-corrected chi connectivity index (χ0v) is 13.6. The number of hydrazine groups is 1. The summed E-state index contributed by atoms with van der Waals surface area (Å²) in [5.74, 6) is 4.93. The number of nitrogens with two attached hydrogens (primary N) is 1. The summed E-state index contributed by atoms with van der Waals surface area (Å²) in [4.78, 5) is 17.8. The molecule has 0 spiro atoms. The molecule has 0 aliphatic carbocycles. The summed E-state index contributed by atoms with van der Waals surface area (Å²) in [6.45, 7) is 4.39. The second-order valence-corrected chi connectivity index (χ2v) is 7.16. The molecule has 2 unspecified atom stereocenters. The van der Waals surface area contributed by atoms with Crippen LogP contribution in [0.2, 0.25) is 0 Å². The number of amides is 1. The molecule has 4 N–H and O–H groups in total. The van der Waals surface area contributed by atoms with E-state index < -0.39 is 0 Å². The third-order valence-electron chi connectivity index (χ3n) is 3.83. The Morgan fingerprint density at radius 2 is 2.33 bits per heavy atom. The van der Waals surface area contributed by atoms with E-state index in [0.717, 1.165) is 30.0 Å². The van der Waals surface area contributed by atoms with Crippen LogP contribution < -0.4 is 11.3 Å². The summed E-state index contributed by atoms with van der Waals surface area (Å²) in [5.41, 5.74) is 3.30. The van der Waals surface area contributed by atoms with Gasteiger partial charge in [-0.1, -0.05) is 0 Å². The summed E-state index contributed by atoms with van der Waals surface area (Å²) in [5, 5.41) is 9.92. The number of likely N-dealkylation sites (N-methyl/N-ethyl adjacent to an activating group) is 1. The van der Waals surface area contributed by atoms with Crippen LogP contribution in [0.5, 0.6) is 0 Å². The molecule has 1 aromatic rings. The van der Waals surface area contributed by atoms with Gasteiger partial charge in [0.05, 0.1) is 11.0 Å². The molecule has 118 valence electrons. The van der Waals surface area contributed by atoms with Gasteiger partial charge in [-0.3, -0.25) is 15.1 Å². The van der Waals surface area contributed by atoms with E-state index in [-0.39, 0.29) is 12.0 Å². The van der Waals surface area contributed by atoms with Gasteiger partial charge in [-0.05, 0) is 39.1 Å². The van der Waals surface area contributed by atoms with E-state index in [4.69, 9.17) is 5.84 Å². The smallest absolute Gasteiger partial charge is 0.275 e. The van der Waals surface area contributed by atoms with Crippen LogP contribution in [0.1, 0.15) is 26.5 Å². The predicted molar refractivity (Wildman–Crippen MR) is 84.1 cm³/mol. The van der Waals surface area contributed by atoms with Gasteiger partial charge in [-0.2, -0.15) is 0 Å². The first kappa shape index (κ1) is 16.4. The Bertz CT molecular complexity index is 503. The van der Waals surface area contributed by atoms with E-state index in [0.29, 0.717) is 17.5 Å². The minimum Gasteiger partial charge on any atom is -0.392 e. The average Bonchev–Trinajstić information content (AvgIpc) is 2.93. The van der Waals surface area contributed by atoms with Gasteiger partial charge in [0, 0.05) is 30.6 Å². The first-order chi connectivity index (χ1) is 9.90. The monoisotopic (exact) mass is 312 g/mol. The maximum atomic E-state index is 11.6. The Kier molecular flexibility index (Phi) is 5.34. The Hall–Kier alpha value is -0.990. The Balaban J connectivity index is 2.09. The fourth-order valence-corrected chi connectivity index (χ4v) is 3.78. The number of carbonyl (C=O) groups is 1. The van der Waals surface area contributed by atoms with Gasteiger partial charge >= 0.3 is 0 Å². The summed E-state index contributed by atoms with van der Waals surface area (Å²) < 4.78 is 0. The van der Waals surface area contributed by atoms with Crippen molar-refractivity contribution in [3.8, 4) is 0 Å². The van der Waals surface area contributed by atoms with E-state index in [2.05, 4.69) is 15.2 Å². The Morgan fingerprint density at radius 3 is 2.95 bits per heavy atom. The molecule has 0 aromatic carbocycles. The van der Waals surface area contributed by atoms with E-state index in [1.807, 2.05) is 27.1 Å². The molecule has 1 fully saturated rings. The number of rotatable bonds is 5. The lowest BCUT2D eigenvalue weighted by molar-refractivity contribution is 0.0957. The number of aliphatic hydroxyl groups is 1. The molecular weight excluding hydrogens is 288 g/mol. The summed E-state index contributed by atoms with van der Waals surface area (Å²) in [6, 6.07) is 2.25. The number of nitrogens with one attached hydrogen (secondary N) is 1. The fourth-order valence-electron chi connectivity index (χ4n) is 2.84. The highest BCUT2D eigenvalue weighted by molar-refractivity contribution is 7.14. The van der Waals surface area contributed by atoms with Crippen LogP contribution >= 0.6 is 11.3 Å². The summed E-state index contributed by atoms with van der Waals surface area (Å²) in [6.07, 6.45) is 0.540. The molecule has 2 heterocycles. The maximum Gasteiger partial charge on any atom is 0.275 e. The molecule has 1 aliphatic rings. The quantitative estimate of drug-likeness (QED) is 0.410. The van der Waals surface area contributed by atoms with Gasteiger partial charge in [0.2, 0.25) is 0 Å². The minimum atomic E-state index is -0.263. The zero-order valence-electron chi connectivity index (χ0n) is 12.8. The lowest BCUT2D eigenvalue weighted by Gasteiger charge is -2.26. The number of aliphatic hydroxyl groups excluding tert-OH is 1. The number of thiophene rings is 1. The largest absolute Gasteiger partial charge is 0.392 e. The van der Waals surface area contributed by atoms with Crippen molar-refractivity contribution in [2.24, 2.45) is 5.84 Å². The van der Waals surface area contributed by atoms with E-state index in [1.54, 1.807) is 0 Å². The van der Waals surface area contributed by atoms with Crippen LogP contribution in [0.3, 0.4) is 0 Å². The van der Waals surface area contributed by atoms with Gasteiger partial charge in [0.1, 0.15) is 0 Å². The maximum absolute atomic E-state index is 11.6. The van der Waals surface area contributed by atoms with Gasteiger partial charge < -0.3 is 10.0 Å². The van der Waals surface area contributed by atoms with Crippen LogP contribution in [0.25, 0.3) is 0 Å². The molecular formula is C14H24N4O2S. The Labute approximate surface area is 129 Å². The number of aryl methyl sites for hydroxylation is 1. The lowest BCUT2D eigenvalue weighted by Crippen LogP contribution is -2.37. The molecule has 6 nitrogen and oxygen atoms in total. The number of likely N-dealkylation sites (tertiary alicyclic amines) is 1. The van der Waals surface area contributed by atoms with E-state index >= 15 is 0 Å². The van der Waals surface area contributed by atoms with Crippen LogP contribution in [0.15, 0.2) is 6.07 Å². The number of β-amino-alcohol motifs (C(OH)–C–C–N with tert-alkyl or cyclic N) is 1. The number of carbonyl (C=O) groups excluding carboxylic acids is 1. The summed E-state index contributed by atoms with van der Waals surface area (Å²) in [7, 11) is 4.09. The third-order valence-corrected chi connectivity index (χ3v) is 4.92. The fraction of sp³-hybridized carbons (Fsp3) is 0.643. The predicted octanol–water partition coefficient (Wildman–Crippen LogP) is 0.157. The highest BCUT2D eigenvalue weighted by atomic mass is 32.1. The molecule has 0 saturated carbocycles. The first-order valence-corrected chi connectivity index (χ1v) is 7.89.